The Hall–Kier alpha value is -0.0800. The Morgan fingerprint density at radius 2 is 2.00 bits per heavy atom. The molecule has 0 aromatic carbocycles. The van der Waals surface area contributed by atoms with Crippen molar-refractivity contribution in [1.29, 1.82) is 0 Å². The molecule has 16 heavy (non-hydrogen) atoms. The van der Waals surface area contributed by atoms with Gasteiger partial charge in [-0.1, -0.05) is 27.7 Å². The minimum atomic E-state index is 0.782. The topological polar surface area (TPSA) is 15.3 Å². The third-order valence-electron chi connectivity index (χ3n) is 3.00. The van der Waals surface area contributed by atoms with Gasteiger partial charge in [0.15, 0.2) is 0 Å². The Morgan fingerprint density at radius 3 is 2.56 bits per heavy atom. The number of nitrogens with zero attached hydrogens (tertiary/aromatic N) is 1. The Morgan fingerprint density at radius 1 is 1.31 bits per heavy atom. The van der Waals surface area contributed by atoms with Crippen molar-refractivity contribution in [2.24, 2.45) is 11.8 Å². The predicted molar refractivity (Wildman–Crippen MR) is 73.9 cm³/mol. The third kappa shape index (κ3) is 8.12. The van der Waals surface area contributed by atoms with Crippen molar-refractivity contribution in [2.75, 3.05) is 33.2 Å². The second kappa shape index (κ2) is 10.1. The van der Waals surface area contributed by atoms with Crippen LogP contribution in [0.3, 0.4) is 0 Å². The largest absolute Gasteiger partial charge is 0.316 e. The number of nitrogens with one attached hydrogen (secondary N) is 1. The fourth-order valence-electron chi connectivity index (χ4n) is 2.21. The highest BCUT2D eigenvalue weighted by molar-refractivity contribution is 4.71. The summed E-state index contributed by atoms with van der Waals surface area (Å²) < 4.78 is 0. The van der Waals surface area contributed by atoms with E-state index in [1.807, 2.05) is 13.8 Å². The van der Waals surface area contributed by atoms with Gasteiger partial charge in [0, 0.05) is 6.54 Å². The van der Waals surface area contributed by atoms with E-state index in [4.69, 9.17) is 0 Å². The van der Waals surface area contributed by atoms with Gasteiger partial charge in [0.25, 0.3) is 0 Å². The van der Waals surface area contributed by atoms with E-state index in [9.17, 15) is 0 Å². The molecule has 1 N–H and O–H groups in total. The third-order valence-corrected chi connectivity index (χ3v) is 3.00. The van der Waals surface area contributed by atoms with Gasteiger partial charge < -0.3 is 10.2 Å². The van der Waals surface area contributed by atoms with Crippen molar-refractivity contribution >= 4 is 0 Å². The van der Waals surface area contributed by atoms with Crippen molar-refractivity contribution in [3.63, 3.8) is 0 Å². The van der Waals surface area contributed by atoms with Gasteiger partial charge in [0.05, 0.1) is 0 Å². The van der Waals surface area contributed by atoms with Crippen LogP contribution >= 0.6 is 0 Å². The fraction of sp³-hybridized carbons (Fsp3) is 1.00. The highest BCUT2D eigenvalue weighted by Gasteiger charge is 2.16. The Kier molecular flexibility index (Phi) is 10.0. The number of rotatable bonds is 5. The zero-order valence-corrected chi connectivity index (χ0v) is 12.1. The summed E-state index contributed by atoms with van der Waals surface area (Å²) in [6.07, 6.45) is 4.19. The second-order valence-electron chi connectivity index (χ2n) is 5.16. The molecule has 1 atom stereocenters. The van der Waals surface area contributed by atoms with Crippen LogP contribution in [0.25, 0.3) is 0 Å². The molecule has 1 aliphatic rings. The van der Waals surface area contributed by atoms with Crippen LogP contribution in [0.2, 0.25) is 0 Å². The van der Waals surface area contributed by atoms with Gasteiger partial charge in [-0.05, 0) is 57.8 Å². The van der Waals surface area contributed by atoms with Crippen molar-refractivity contribution in [3.8, 4) is 0 Å². The van der Waals surface area contributed by atoms with Gasteiger partial charge >= 0.3 is 0 Å². The average molecular weight is 228 g/mol. The zero-order chi connectivity index (χ0) is 12.4. The first-order valence-corrected chi connectivity index (χ1v) is 7.07. The lowest BCUT2D eigenvalue weighted by Crippen LogP contribution is -2.34. The molecule has 0 bridgehead atoms. The van der Waals surface area contributed by atoms with E-state index in [-0.39, 0.29) is 0 Å². The molecule has 0 amide bonds. The van der Waals surface area contributed by atoms with Gasteiger partial charge in [-0.2, -0.15) is 0 Å². The van der Waals surface area contributed by atoms with Gasteiger partial charge in [0.2, 0.25) is 0 Å². The molecule has 1 unspecified atom stereocenters. The van der Waals surface area contributed by atoms with Crippen LogP contribution in [-0.2, 0) is 0 Å². The lowest BCUT2D eigenvalue weighted by Gasteiger charge is -2.29. The minimum Gasteiger partial charge on any atom is -0.316 e. The van der Waals surface area contributed by atoms with Crippen LogP contribution in [0.5, 0.6) is 0 Å². The highest BCUT2D eigenvalue weighted by Crippen LogP contribution is 2.17. The van der Waals surface area contributed by atoms with E-state index in [0.717, 1.165) is 11.8 Å². The van der Waals surface area contributed by atoms with Crippen molar-refractivity contribution in [2.45, 2.75) is 47.0 Å². The predicted octanol–water partition coefficient (Wildman–Crippen LogP) is 2.99. The molecule has 0 saturated carbocycles. The van der Waals surface area contributed by atoms with Crippen LogP contribution < -0.4 is 5.32 Å². The molecule has 0 aromatic heterocycles. The van der Waals surface area contributed by atoms with Crippen LogP contribution in [0.4, 0.5) is 0 Å². The van der Waals surface area contributed by atoms with Crippen LogP contribution in [0.15, 0.2) is 0 Å². The van der Waals surface area contributed by atoms with Crippen molar-refractivity contribution in [3.05, 3.63) is 0 Å². The maximum atomic E-state index is 3.53. The maximum absolute atomic E-state index is 3.53. The van der Waals surface area contributed by atoms with Gasteiger partial charge in [-0.15, -0.1) is 0 Å². The van der Waals surface area contributed by atoms with E-state index in [1.54, 1.807) is 0 Å². The van der Waals surface area contributed by atoms with E-state index in [1.165, 1.54) is 45.4 Å². The van der Waals surface area contributed by atoms with E-state index in [0.29, 0.717) is 0 Å². The van der Waals surface area contributed by atoms with Crippen LogP contribution in [0, 0.1) is 11.8 Å². The first-order valence-electron chi connectivity index (χ1n) is 7.07. The van der Waals surface area contributed by atoms with Gasteiger partial charge in [-0.3, -0.25) is 0 Å². The molecule has 0 spiro atoms. The molecular weight excluding hydrogens is 196 g/mol. The first kappa shape index (κ1) is 15.9. The van der Waals surface area contributed by atoms with Crippen molar-refractivity contribution < 1.29 is 0 Å². The monoisotopic (exact) mass is 228 g/mol. The first-order chi connectivity index (χ1) is 7.68. The van der Waals surface area contributed by atoms with E-state index < -0.39 is 0 Å². The maximum Gasteiger partial charge on any atom is 0.000709 e. The molecule has 1 saturated heterocycles. The lowest BCUT2D eigenvalue weighted by molar-refractivity contribution is 0.201. The SMILES string of the molecule is CC.CC(C)CNCCC1CCCN(C)C1. The summed E-state index contributed by atoms with van der Waals surface area (Å²) in [6, 6.07) is 0. The van der Waals surface area contributed by atoms with Crippen molar-refractivity contribution in [1.82, 2.24) is 10.2 Å². The molecule has 0 aromatic rings. The summed E-state index contributed by atoms with van der Waals surface area (Å²) in [5.41, 5.74) is 0. The molecule has 2 heteroatoms. The smallest absolute Gasteiger partial charge is 0.000709 e. The summed E-state index contributed by atoms with van der Waals surface area (Å²) in [5.74, 6) is 1.72. The molecule has 0 radical (unpaired) electrons. The van der Waals surface area contributed by atoms with Crippen LogP contribution in [0.1, 0.15) is 47.0 Å². The number of likely N-dealkylation sites (tertiary alicyclic amines) is 1. The molecule has 2 nitrogen and oxygen atoms in total. The lowest BCUT2D eigenvalue weighted by atomic mass is 9.95. The molecule has 98 valence electrons. The average Bonchev–Trinajstić information content (AvgIpc) is 2.27. The molecule has 1 rings (SSSR count). The van der Waals surface area contributed by atoms with E-state index >= 15 is 0 Å². The highest BCUT2D eigenvalue weighted by atomic mass is 15.1. The number of hydrogen-bond acceptors (Lipinski definition) is 2. The summed E-state index contributed by atoms with van der Waals surface area (Å²) in [4.78, 5) is 2.47. The zero-order valence-electron chi connectivity index (χ0n) is 12.1. The van der Waals surface area contributed by atoms with Gasteiger partial charge in [0.1, 0.15) is 0 Å². The minimum absolute atomic E-state index is 0.782. The molecule has 1 heterocycles. The normalized spacial score (nSPS) is 21.8. The Balaban J connectivity index is 0.00000106. The molecular formula is C14H32N2. The fourth-order valence-corrected chi connectivity index (χ4v) is 2.21. The molecule has 1 aliphatic heterocycles. The van der Waals surface area contributed by atoms with Crippen LogP contribution in [-0.4, -0.2) is 38.1 Å². The van der Waals surface area contributed by atoms with Gasteiger partial charge in [-0.25, -0.2) is 0 Å². The Bertz CT molecular complexity index is 146. The number of hydrogen-bond donors (Lipinski definition) is 1. The summed E-state index contributed by atoms with van der Waals surface area (Å²) in [5, 5.41) is 3.53. The number of piperidine rings is 1. The summed E-state index contributed by atoms with van der Waals surface area (Å²) in [7, 11) is 2.24. The second-order valence-corrected chi connectivity index (χ2v) is 5.16. The molecule has 1 fully saturated rings. The summed E-state index contributed by atoms with van der Waals surface area (Å²) in [6.45, 7) is 13.5. The molecule has 0 aliphatic carbocycles. The summed E-state index contributed by atoms with van der Waals surface area (Å²) >= 11 is 0. The quantitative estimate of drug-likeness (QED) is 0.728. The van der Waals surface area contributed by atoms with E-state index in [2.05, 4.69) is 31.1 Å². The Labute approximate surface area is 103 Å². The standard InChI is InChI=1S/C12H26N2.C2H6/c1-11(2)9-13-7-6-12-5-4-8-14(3)10-12;1-2/h11-13H,4-10H2,1-3H3;1-2H3.